The zero-order valence-corrected chi connectivity index (χ0v) is 11.9. The van der Waals surface area contributed by atoms with Crippen LogP contribution < -0.4 is 5.32 Å². The fraction of sp³-hybridized carbons (Fsp3) is 0.200. The van der Waals surface area contributed by atoms with E-state index in [0.29, 0.717) is 16.8 Å². The van der Waals surface area contributed by atoms with Crippen LogP contribution in [0.1, 0.15) is 31.2 Å². The van der Waals surface area contributed by atoms with Crippen LogP contribution in [0, 0.1) is 0 Å². The highest BCUT2D eigenvalue weighted by Crippen LogP contribution is 2.21. The van der Waals surface area contributed by atoms with Crippen LogP contribution in [0.4, 0.5) is 0 Å². The van der Waals surface area contributed by atoms with Gasteiger partial charge in [-0.25, -0.2) is 0 Å². The largest absolute Gasteiger partial charge is 0.349 e. The highest BCUT2D eigenvalue weighted by atomic mass is 16.2. The van der Waals surface area contributed by atoms with Crippen LogP contribution in [0.2, 0.25) is 0 Å². The molecule has 0 unspecified atom stereocenters. The molecule has 22 heavy (non-hydrogen) atoms. The number of carbonyl (C=O) groups is 3. The van der Waals surface area contributed by atoms with E-state index in [1.54, 1.807) is 37.4 Å². The van der Waals surface area contributed by atoms with Gasteiger partial charge in [-0.2, -0.15) is 5.10 Å². The Kier molecular flexibility index (Phi) is 3.46. The van der Waals surface area contributed by atoms with Gasteiger partial charge in [-0.1, -0.05) is 12.1 Å². The molecule has 1 aromatic carbocycles. The Hall–Kier alpha value is -2.96. The Morgan fingerprint density at radius 1 is 1.14 bits per heavy atom. The molecule has 0 aliphatic carbocycles. The monoisotopic (exact) mass is 298 g/mol. The summed E-state index contributed by atoms with van der Waals surface area (Å²) in [6.45, 7) is 0.325. The van der Waals surface area contributed by atoms with E-state index in [1.807, 2.05) is 0 Å². The highest BCUT2D eigenvalue weighted by molar-refractivity contribution is 6.21. The van der Waals surface area contributed by atoms with Crippen LogP contribution >= 0.6 is 0 Å². The van der Waals surface area contributed by atoms with Crippen molar-refractivity contribution in [3.8, 4) is 0 Å². The van der Waals surface area contributed by atoms with E-state index in [0.717, 1.165) is 4.90 Å². The zero-order valence-electron chi connectivity index (χ0n) is 11.9. The first kappa shape index (κ1) is 14.0. The van der Waals surface area contributed by atoms with Crippen molar-refractivity contribution in [3.05, 3.63) is 53.3 Å². The lowest BCUT2D eigenvalue weighted by molar-refractivity contribution is 0.0649. The third-order valence-electron chi connectivity index (χ3n) is 3.55. The second-order valence-electron chi connectivity index (χ2n) is 4.90. The molecule has 7 nitrogen and oxygen atoms in total. The molecule has 7 heteroatoms. The highest BCUT2D eigenvalue weighted by Gasteiger charge is 2.34. The molecule has 0 saturated carbocycles. The number of hydrogen-bond acceptors (Lipinski definition) is 4. The Balaban J connectivity index is 1.62. The first-order valence-corrected chi connectivity index (χ1v) is 6.81. The van der Waals surface area contributed by atoms with Gasteiger partial charge in [0.15, 0.2) is 0 Å². The van der Waals surface area contributed by atoms with Crippen LogP contribution in [0.25, 0.3) is 0 Å². The smallest absolute Gasteiger partial charge is 0.269 e. The minimum Gasteiger partial charge on any atom is -0.349 e. The van der Waals surface area contributed by atoms with Crippen LogP contribution in [0.3, 0.4) is 0 Å². The summed E-state index contributed by atoms with van der Waals surface area (Å²) in [6.07, 6.45) is 1.53. The minimum absolute atomic E-state index is 0.135. The molecule has 0 radical (unpaired) electrons. The number of rotatable bonds is 4. The number of aromatic nitrogens is 2. The first-order chi connectivity index (χ1) is 10.6. The molecule has 1 aliphatic heterocycles. The third kappa shape index (κ3) is 2.26. The van der Waals surface area contributed by atoms with Crippen LogP contribution in [-0.4, -0.2) is 45.5 Å². The molecular formula is C15H14N4O3. The first-order valence-electron chi connectivity index (χ1n) is 6.81. The number of nitrogens with one attached hydrogen (secondary N) is 1. The molecule has 0 fully saturated rings. The number of amides is 3. The van der Waals surface area contributed by atoms with Crippen molar-refractivity contribution in [1.29, 1.82) is 0 Å². The summed E-state index contributed by atoms with van der Waals surface area (Å²) in [5.41, 5.74) is 1.23. The van der Waals surface area contributed by atoms with Crippen molar-refractivity contribution in [2.24, 2.45) is 7.05 Å². The SMILES string of the molecule is Cn1nccc1C(=O)NCCN1C(=O)c2ccccc2C1=O. The normalized spacial score (nSPS) is 13.4. The molecule has 2 aromatic rings. The maximum absolute atomic E-state index is 12.1. The van der Waals surface area contributed by atoms with Crippen molar-refractivity contribution in [2.45, 2.75) is 0 Å². The number of aryl methyl sites for hydroxylation is 1. The Morgan fingerprint density at radius 3 is 2.32 bits per heavy atom. The van der Waals surface area contributed by atoms with E-state index in [1.165, 1.54) is 10.9 Å². The van der Waals surface area contributed by atoms with Gasteiger partial charge in [0, 0.05) is 26.3 Å². The van der Waals surface area contributed by atoms with Crippen LogP contribution in [0.15, 0.2) is 36.5 Å². The summed E-state index contributed by atoms with van der Waals surface area (Å²) in [5.74, 6) is -0.942. The lowest BCUT2D eigenvalue weighted by Gasteiger charge is -2.14. The fourth-order valence-corrected chi connectivity index (χ4v) is 2.41. The second kappa shape index (κ2) is 5.44. The standard InChI is InChI=1S/C15H14N4O3/c1-18-12(6-7-17-18)13(20)16-8-9-19-14(21)10-4-2-3-5-11(10)15(19)22/h2-7H,8-9H2,1H3,(H,16,20). The summed E-state index contributed by atoms with van der Waals surface area (Å²) in [5, 5.41) is 6.59. The Bertz CT molecular complexity index is 731. The second-order valence-corrected chi connectivity index (χ2v) is 4.90. The van der Waals surface area contributed by atoms with E-state index in [4.69, 9.17) is 0 Å². The van der Waals surface area contributed by atoms with E-state index in [-0.39, 0.29) is 30.8 Å². The predicted octanol–water partition coefficient (Wildman–Crippen LogP) is 0.446. The summed E-state index contributed by atoms with van der Waals surface area (Å²) in [6, 6.07) is 8.29. The molecule has 112 valence electrons. The maximum atomic E-state index is 12.1. The molecular weight excluding hydrogens is 284 g/mol. The van der Waals surface area contributed by atoms with E-state index >= 15 is 0 Å². The quantitative estimate of drug-likeness (QED) is 0.830. The molecule has 0 bridgehead atoms. The molecule has 0 spiro atoms. The van der Waals surface area contributed by atoms with Crippen LogP contribution in [-0.2, 0) is 7.05 Å². The van der Waals surface area contributed by atoms with Gasteiger partial charge in [0.25, 0.3) is 17.7 Å². The van der Waals surface area contributed by atoms with Gasteiger partial charge in [0.2, 0.25) is 0 Å². The topological polar surface area (TPSA) is 84.3 Å². The van der Waals surface area contributed by atoms with Gasteiger partial charge in [-0.15, -0.1) is 0 Å². The van der Waals surface area contributed by atoms with Crippen molar-refractivity contribution in [3.63, 3.8) is 0 Å². The summed E-state index contributed by atoms with van der Waals surface area (Å²) in [7, 11) is 1.67. The summed E-state index contributed by atoms with van der Waals surface area (Å²) in [4.78, 5) is 37.4. The number of fused-ring (bicyclic) bond motifs is 1. The van der Waals surface area contributed by atoms with Gasteiger partial charge in [0.05, 0.1) is 11.1 Å². The number of nitrogens with zero attached hydrogens (tertiary/aromatic N) is 3. The molecule has 3 rings (SSSR count). The zero-order chi connectivity index (χ0) is 15.7. The predicted molar refractivity (Wildman–Crippen MR) is 77.4 cm³/mol. The van der Waals surface area contributed by atoms with Crippen LogP contribution in [0.5, 0.6) is 0 Å². The molecule has 0 saturated heterocycles. The number of carbonyl (C=O) groups excluding carboxylic acids is 3. The van der Waals surface area contributed by atoms with Gasteiger partial charge < -0.3 is 5.32 Å². The lowest BCUT2D eigenvalue weighted by atomic mass is 10.1. The fourth-order valence-electron chi connectivity index (χ4n) is 2.41. The van der Waals surface area contributed by atoms with E-state index < -0.39 is 0 Å². The molecule has 1 N–H and O–H groups in total. The van der Waals surface area contributed by atoms with Gasteiger partial charge in [-0.3, -0.25) is 24.0 Å². The van der Waals surface area contributed by atoms with E-state index in [9.17, 15) is 14.4 Å². The number of imide groups is 1. The third-order valence-corrected chi connectivity index (χ3v) is 3.55. The molecule has 3 amide bonds. The summed E-state index contributed by atoms with van der Waals surface area (Å²) >= 11 is 0. The van der Waals surface area contributed by atoms with Crippen molar-refractivity contribution < 1.29 is 14.4 Å². The average molecular weight is 298 g/mol. The van der Waals surface area contributed by atoms with Crippen molar-refractivity contribution >= 4 is 17.7 Å². The number of benzene rings is 1. The molecule has 0 atom stereocenters. The van der Waals surface area contributed by atoms with E-state index in [2.05, 4.69) is 10.4 Å². The minimum atomic E-state index is -0.324. The number of hydrogen-bond donors (Lipinski definition) is 1. The Labute approximate surface area is 126 Å². The molecule has 1 aliphatic rings. The average Bonchev–Trinajstić information content (AvgIpc) is 3.05. The van der Waals surface area contributed by atoms with Gasteiger partial charge in [-0.05, 0) is 18.2 Å². The molecule has 2 heterocycles. The Morgan fingerprint density at radius 2 is 1.77 bits per heavy atom. The maximum Gasteiger partial charge on any atom is 0.269 e. The lowest BCUT2D eigenvalue weighted by Crippen LogP contribution is -2.38. The summed E-state index contributed by atoms with van der Waals surface area (Å²) < 4.78 is 1.46. The van der Waals surface area contributed by atoms with Gasteiger partial charge >= 0.3 is 0 Å². The van der Waals surface area contributed by atoms with Crippen molar-refractivity contribution in [1.82, 2.24) is 20.0 Å². The van der Waals surface area contributed by atoms with Crippen molar-refractivity contribution in [2.75, 3.05) is 13.1 Å². The molecule has 1 aromatic heterocycles. The van der Waals surface area contributed by atoms with Gasteiger partial charge in [0.1, 0.15) is 5.69 Å².